The number of carbonyl (C=O) groups is 2. The number of rotatable bonds is 12. The van der Waals surface area contributed by atoms with Crippen molar-refractivity contribution in [3.63, 3.8) is 0 Å². The van der Waals surface area contributed by atoms with Crippen molar-refractivity contribution >= 4 is 49.9 Å². The number of aromatic nitrogens is 1. The second kappa shape index (κ2) is 13.4. The predicted octanol–water partition coefficient (Wildman–Crippen LogP) is 4.76. The third-order valence-corrected chi connectivity index (χ3v) is 9.30. The number of carbonyl (C=O) groups excluding carboxylic acids is 2. The number of nitrogens with zero attached hydrogens (tertiary/aromatic N) is 4. The van der Waals surface area contributed by atoms with Crippen molar-refractivity contribution in [2.45, 2.75) is 53.6 Å². The van der Waals surface area contributed by atoms with Gasteiger partial charge < -0.3 is 18.8 Å². The van der Waals surface area contributed by atoms with Crippen molar-refractivity contribution < 1.29 is 22.4 Å². The molecule has 2 aromatic carbocycles. The van der Waals surface area contributed by atoms with Crippen LogP contribution in [-0.4, -0.2) is 62.6 Å². The summed E-state index contributed by atoms with van der Waals surface area (Å²) in [4.78, 5) is 45.2. The zero-order valence-corrected chi connectivity index (χ0v) is 28.7. The van der Waals surface area contributed by atoms with Gasteiger partial charge in [-0.1, -0.05) is 24.3 Å². The molecule has 0 radical (unpaired) electrons. The monoisotopic (exact) mass is 661 g/mol. The Balaban J connectivity index is 1.37. The van der Waals surface area contributed by atoms with E-state index in [0.29, 0.717) is 67.2 Å². The summed E-state index contributed by atoms with van der Waals surface area (Å²) >= 11 is 0. The third-order valence-electron chi connectivity index (χ3n) is 8.71. The summed E-state index contributed by atoms with van der Waals surface area (Å²) < 4.78 is 34.0. The third kappa shape index (κ3) is 7.28. The molecule has 4 aromatic rings. The Morgan fingerprint density at radius 3 is 2.43 bits per heavy atom. The highest BCUT2D eigenvalue weighted by atomic mass is 32.2. The summed E-state index contributed by atoms with van der Waals surface area (Å²) in [5.74, 6) is 0.215. The van der Waals surface area contributed by atoms with E-state index < -0.39 is 15.4 Å². The Hall–Kier alpha value is -4.42. The maximum atomic E-state index is 13.3. The number of sulfonamides is 1. The molecule has 0 aliphatic carbocycles. The normalized spacial score (nSPS) is 15.0. The van der Waals surface area contributed by atoms with E-state index in [1.54, 1.807) is 65.7 Å². The highest BCUT2D eigenvalue weighted by Gasteiger charge is 2.45. The van der Waals surface area contributed by atoms with Gasteiger partial charge >= 0.3 is 0 Å². The van der Waals surface area contributed by atoms with Crippen molar-refractivity contribution in [2.24, 2.45) is 5.41 Å². The molecule has 3 heterocycles. The van der Waals surface area contributed by atoms with E-state index in [2.05, 4.69) is 9.62 Å². The molecule has 1 aliphatic heterocycles. The van der Waals surface area contributed by atoms with Crippen LogP contribution in [0.3, 0.4) is 0 Å². The second-order valence-electron chi connectivity index (χ2n) is 12.7. The van der Waals surface area contributed by atoms with Crippen LogP contribution in [-0.2, 0) is 39.1 Å². The number of hydrogen-bond acceptors (Lipinski definition) is 7. The maximum Gasteiger partial charge on any atom is 0.261 e. The summed E-state index contributed by atoms with van der Waals surface area (Å²) in [7, 11) is -1.76. The van der Waals surface area contributed by atoms with Crippen LogP contribution in [0.5, 0.6) is 0 Å². The quantitative estimate of drug-likeness (QED) is 0.217. The molecule has 2 amide bonds. The van der Waals surface area contributed by atoms with Crippen molar-refractivity contribution in [1.82, 2.24) is 9.47 Å². The van der Waals surface area contributed by atoms with Gasteiger partial charge in [-0.05, 0) is 88.5 Å². The number of hydrogen-bond donors (Lipinski definition) is 1. The lowest BCUT2D eigenvalue weighted by Gasteiger charge is -2.27. The summed E-state index contributed by atoms with van der Waals surface area (Å²) in [5.41, 5.74) is 3.06. The Labute approximate surface area is 275 Å². The highest BCUT2D eigenvalue weighted by molar-refractivity contribution is 7.92. The zero-order valence-electron chi connectivity index (χ0n) is 27.9. The van der Waals surface area contributed by atoms with Crippen LogP contribution in [0.4, 0.5) is 17.1 Å². The lowest BCUT2D eigenvalue weighted by molar-refractivity contribution is -0.137. The summed E-state index contributed by atoms with van der Waals surface area (Å²) in [5, 5.41) is 0.539. The highest BCUT2D eigenvalue weighted by Crippen LogP contribution is 2.39. The van der Waals surface area contributed by atoms with Gasteiger partial charge in [0, 0.05) is 39.4 Å². The molecule has 0 unspecified atom stereocenters. The number of fused-ring (bicyclic) bond motifs is 2. The van der Waals surface area contributed by atoms with E-state index in [4.69, 9.17) is 4.42 Å². The van der Waals surface area contributed by atoms with Gasteiger partial charge in [0.25, 0.3) is 5.56 Å². The van der Waals surface area contributed by atoms with Crippen LogP contribution >= 0.6 is 0 Å². The molecule has 1 N–H and O–H groups in total. The average Bonchev–Trinajstić information content (AvgIpc) is 3.39. The van der Waals surface area contributed by atoms with E-state index in [1.165, 1.54) is 0 Å². The minimum absolute atomic E-state index is 0.120. The van der Waals surface area contributed by atoms with Crippen molar-refractivity contribution in [1.29, 1.82) is 0 Å². The van der Waals surface area contributed by atoms with Crippen LogP contribution in [0.2, 0.25) is 0 Å². The topological polar surface area (TPSA) is 125 Å². The molecule has 0 fully saturated rings. The standard InChI is InChI=1S/C35H43N5O6S/c1-7-40-29-15-14-25(22-30(29)37(5)33(42)35(3,4)34(40)43)11-10-17-38(23-26-12-8-9-13-28(26)36-47(6,44)45)19-20-39-18-16-31-27(32(39)41)21-24(2)46-31/h8-9,12-16,18,21-22,36H,7,10-11,17,19-20,23H2,1-6H3. The predicted molar refractivity (Wildman–Crippen MR) is 185 cm³/mol. The Kier molecular flexibility index (Phi) is 9.65. The fraction of sp³-hybridized carbons (Fsp3) is 0.400. The number of amides is 2. The number of aryl methyl sites for hydroxylation is 2. The van der Waals surface area contributed by atoms with Crippen molar-refractivity contribution in [2.75, 3.05) is 47.5 Å². The van der Waals surface area contributed by atoms with Crippen LogP contribution in [0.15, 0.2) is 70.0 Å². The molecule has 1 aliphatic rings. The van der Waals surface area contributed by atoms with Crippen LogP contribution in [0, 0.1) is 12.3 Å². The van der Waals surface area contributed by atoms with E-state index in [-0.39, 0.29) is 17.4 Å². The zero-order chi connectivity index (χ0) is 34.1. The molecule has 0 spiro atoms. The summed E-state index contributed by atoms with van der Waals surface area (Å²) in [6.07, 6.45) is 4.33. The second-order valence-corrected chi connectivity index (χ2v) is 14.5. The fourth-order valence-corrected chi connectivity index (χ4v) is 6.80. The van der Waals surface area contributed by atoms with Gasteiger partial charge in [-0.2, -0.15) is 0 Å². The molecule has 47 heavy (non-hydrogen) atoms. The van der Waals surface area contributed by atoms with Gasteiger partial charge in [0.2, 0.25) is 21.8 Å². The summed E-state index contributed by atoms with van der Waals surface area (Å²) in [6, 6.07) is 16.8. The minimum atomic E-state index is -3.48. The molecule has 0 saturated heterocycles. The van der Waals surface area contributed by atoms with E-state index >= 15 is 0 Å². The van der Waals surface area contributed by atoms with Gasteiger partial charge in [-0.15, -0.1) is 0 Å². The van der Waals surface area contributed by atoms with Crippen LogP contribution in [0.1, 0.15) is 44.1 Å². The number of pyridine rings is 1. The molecular weight excluding hydrogens is 618 g/mol. The number of furan rings is 1. The van der Waals surface area contributed by atoms with E-state index in [1.807, 2.05) is 44.2 Å². The van der Waals surface area contributed by atoms with Gasteiger partial charge in [0.05, 0.1) is 28.7 Å². The first-order chi connectivity index (χ1) is 22.2. The Morgan fingerprint density at radius 1 is 0.957 bits per heavy atom. The van der Waals surface area contributed by atoms with E-state index in [0.717, 1.165) is 29.5 Å². The van der Waals surface area contributed by atoms with E-state index in [9.17, 15) is 22.8 Å². The first-order valence-corrected chi connectivity index (χ1v) is 17.7. The van der Waals surface area contributed by atoms with Gasteiger partial charge in [0.1, 0.15) is 16.8 Å². The molecule has 5 rings (SSSR count). The maximum absolute atomic E-state index is 13.3. The number of benzene rings is 2. The number of anilines is 3. The lowest BCUT2D eigenvalue weighted by atomic mass is 9.90. The molecule has 12 heteroatoms. The van der Waals surface area contributed by atoms with Crippen LogP contribution in [0.25, 0.3) is 11.0 Å². The largest absolute Gasteiger partial charge is 0.461 e. The smallest absolute Gasteiger partial charge is 0.261 e. The number of para-hydroxylation sites is 1. The Bertz CT molecular complexity index is 1980. The van der Waals surface area contributed by atoms with Gasteiger partial charge in [-0.25, -0.2) is 8.42 Å². The van der Waals surface area contributed by atoms with Crippen LogP contribution < -0.4 is 20.1 Å². The van der Waals surface area contributed by atoms with Crippen molar-refractivity contribution in [3.8, 4) is 0 Å². The molecule has 250 valence electrons. The lowest BCUT2D eigenvalue weighted by Crippen LogP contribution is -2.47. The fourth-order valence-electron chi connectivity index (χ4n) is 6.21. The summed E-state index contributed by atoms with van der Waals surface area (Å²) in [6.45, 7) is 9.61. The number of nitrogens with one attached hydrogen (secondary N) is 1. The van der Waals surface area contributed by atoms with Gasteiger partial charge in [-0.3, -0.25) is 24.0 Å². The molecule has 0 saturated carbocycles. The first kappa shape index (κ1) is 33.9. The molecular formula is C35H43N5O6S. The molecule has 11 nitrogen and oxygen atoms in total. The minimum Gasteiger partial charge on any atom is -0.461 e. The molecule has 0 bridgehead atoms. The van der Waals surface area contributed by atoms with Gasteiger partial charge in [0.15, 0.2) is 0 Å². The Morgan fingerprint density at radius 2 is 1.70 bits per heavy atom. The SMILES string of the molecule is CCN1C(=O)C(C)(C)C(=O)N(C)c2cc(CCCN(CCn3ccc4oc(C)cc4c3=O)Cc3ccccc3NS(C)(=O)=O)ccc21. The molecule has 0 atom stereocenters. The van der Waals surface area contributed by atoms with Crippen molar-refractivity contribution in [3.05, 3.63) is 88.0 Å². The molecule has 2 aromatic heterocycles. The first-order valence-electron chi connectivity index (χ1n) is 15.8. The average molecular weight is 662 g/mol.